The summed E-state index contributed by atoms with van der Waals surface area (Å²) < 4.78 is 0. The first-order chi connectivity index (χ1) is 6.50. The van der Waals surface area contributed by atoms with Gasteiger partial charge in [-0.25, -0.2) is 0 Å². The Morgan fingerprint density at radius 3 is 2.64 bits per heavy atom. The minimum Gasteiger partial charge on any atom is -0.506 e. The van der Waals surface area contributed by atoms with E-state index in [1.54, 1.807) is 6.07 Å². The number of nitrogen functional groups attached to an aromatic ring is 1. The first-order valence-electron chi connectivity index (χ1n) is 4.06. The van der Waals surface area contributed by atoms with Crippen LogP contribution in [0.25, 0.3) is 0 Å². The molecule has 5 nitrogen and oxygen atoms in total. The maximum Gasteiger partial charge on any atom is 0.305 e. The molecule has 0 aliphatic heterocycles. The molecular weight excluding hydrogens is 184 g/mol. The lowest BCUT2D eigenvalue weighted by Crippen LogP contribution is -2.15. The Bertz CT molecular complexity index is 352. The van der Waals surface area contributed by atoms with E-state index in [0.717, 1.165) is 0 Å². The second-order valence-electron chi connectivity index (χ2n) is 3.02. The number of rotatable bonds is 3. The van der Waals surface area contributed by atoms with Crippen molar-refractivity contribution in [1.29, 1.82) is 0 Å². The second kappa shape index (κ2) is 3.97. The van der Waals surface area contributed by atoms with E-state index in [1.165, 1.54) is 12.1 Å². The first-order valence-corrected chi connectivity index (χ1v) is 4.06. The number of phenolic OH excluding ortho intramolecular Hbond substituents is 1. The van der Waals surface area contributed by atoms with Gasteiger partial charge in [0.1, 0.15) is 5.75 Å². The number of aliphatic carboxylic acids is 1. The van der Waals surface area contributed by atoms with Gasteiger partial charge in [0.2, 0.25) is 0 Å². The average Bonchev–Trinajstić information content (AvgIpc) is 2.08. The van der Waals surface area contributed by atoms with Crippen molar-refractivity contribution >= 4 is 11.7 Å². The molecule has 0 spiro atoms. The van der Waals surface area contributed by atoms with Crippen LogP contribution in [0.1, 0.15) is 18.0 Å². The second-order valence-corrected chi connectivity index (χ2v) is 3.02. The highest BCUT2D eigenvalue weighted by Crippen LogP contribution is 2.24. The Morgan fingerprint density at radius 2 is 2.14 bits per heavy atom. The van der Waals surface area contributed by atoms with Gasteiger partial charge in [-0.05, 0) is 17.7 Å². The molecule has 0 saturated heterocycles. The van der Waals surface area contributed by atoms with E-state index in [-0.39, 0.29) is 17.9 Å². The van der Waals surface area contributed by atoms with Crippen molar-refractivity contribution in [2.24, 2.45) is 5.73 Å². The zero-order valence-corrected chi connectivity index (χ0v) is 7.47. The number of carboxylic acid groups (broad SMARTS) is 1. The molecule has 0 fully saturated rings. The van der Waals surface area contributed by atoms with Crippen LogP contribution < -0.4 is 11.5 Å². The van der Waals surface area contributed by atoms with Crippen molar-refractivity contribution in [3.63, 3.8) is 0 Å². The first kappa shape index (κ1) is 10.3. The predicted octanol–water partition coefficient (Wildman–Crippen LogP) is 0.449. The largest absolute Gasteiger partial charge is 0.506 e. The van der Waals surface area contributed by atoms with E-state index in [9.17, 15) is 4.79 Å². The smallest absolute Gasteiger partial charge is 0.305 e. The Balaban J connectivity index is 2.85. The van der Waals surface area contributed by atoms with Crippen LogP contribution in [0.15, 0.2) is 18.2 Å². The molecule has 1 atom stereocenters. The van der Waals surface area contributed by atoms with Gasteiger partial charge in [0.05, 0.1) is 12.1 Å². The quantitative estimate of drug-likeness (QED) is 0.414. The van der Waals surface area contributed by atoms with Crippen LogP contribution in [0.2, 0.25) is 0 Å². The van der Waals surface area contributed by atoms with Gasteiger partial charge >= 0.3 is 5.97 Å². The molecule has 0 aliphatic rings. The van der Waals surface area contributed by atoms with Gasteiger partial charge < -0.3 is 21.7 Å². The third kappa shape index (κ3) is 2.37. The third-order valence-electron chi connectivity index (χ3n) is 1.87. The van der Waals surface area contributed by atoms with Gasteiger partial charge in [0.25, 0.3) is 0 Å². The summed E-state index contributed by atoms with van der Waals surface area (Å²) in [7, 11) is 0. The molecule has 0 bridgehead atoms. The molecule has 1 aromatic rings. The van der Waals surface area contributed by atoms with Crippen LogP contribution in [0.5, 0.6) is 5.75 Å². The molecule has 0 heterocycles. The molecule has 76 valence electrons. The number of phenols is 1. The Kier molecular flexibility index (Phi) is 2.93. The van der Waals surface area contributed by atoms with Crippen molar-refractivity contribution in [3.05, 3.63) is 23.8 Å². The minimum absolute atomic E-state index is 0.0312. The van der Waals surface area contributed by atoms with Crippen LogP contribution in [0, 0.1) is 0 Å². The number of hydrogen-bond acceptors (Lipinski definition) is 4. The molecule has 0 aliphatic carbocycles. The number of anilines is 1. The minimum atomic E-state index is -0.968. The third-order valence-corrected chi connectivity index (χ3v) is 1.87. The maximum absolute atomic E-state index is 10.4. The summed E-state index contributed by atoms with van der Waals surface area (Å²) in [5.41, 5.74) is 11.8. The van der Waals surface area contributed by atoms with Crippen molar-refractivity contribution in [1.82, 2.24) is 0 Å². The highest BCUT2D eigenvalue weighted by Gasteiger charge is 2.11. The summed E-state index contributed by atoms with van der Waals surface area (Å²) in [5.74, 6) is -1.000. The lowest BCUT2D eigenvalue weighted by atomic mass is 10.0. The van der Waals surface area contributed by atoms with Crippen molar-refractivity contribution in [2.45, 2.75) is 12.5 Å². The molecular formula is C9H12N2O3. The van der Waals surface area contributed by atoms with Gasteiger partial charge in [0, 0.05) is 6.04 Å². The summed E-state index contributed by atoms with van der Waals surface area (Å²) in [6.45, 7) is 0. The monoisotopic (exact) mass is 196 g/mol. The van der Waals surface area contributed by atoms with E-state index in [2.05, 4.69) is 0 Å². The number of aromatic hydroxyl groups is 1. The van der Waals surface area contributed by atoms with Gasteiger partial charge in [-0.2, -0.15) is 0 Å². The van der Waals surface area contributed by atoms with Crippen LogP contribution in [-0.4, -0.2) is 16.2 Å². The Hall–Kier alpha value is -1.75. The number of carboxylic acids is 1. The normalized spacial score (nSPS) is 12.4. The van der Waals surface area contributed by atoms with E-state index >= 15 is 0 Å². The summed E-state index contributed by atoms with van der Waals surface area (Å²) in [5, 5.41) is 17.6. The number of nitrogens with two attached hydrogens (primary N) is 2. The van der Waals surface area contributed by atoms with E-state index in [1.807, 2.05) is 0 Å². The average molecular weight is 196 g/mol. The lowest BCUT2D eigenvalue weighted by Gasteiger charge is -2.10. The van der Waals surface area contributed by atoms with Crippen LogP contribution >= 0.6 is 0 Å². The summed E-state index contributed by atoms with van der Waals surface area (Å²) in [6.07, 6.45) is -0.162. The lowest BCUT2D eigenvalue weighted by molar-refractivity contribution is -0.137. The predicted molar refractivity (Wildman–Crippen MR) is 51.7 cm³/mol. The molecule has 6 N–H and O–H groups in total. The fraction of sp³-hybridized carbons (Fsp3) is 0.222. The van der Waals surface area contributed by atoms with Gasteiger partial charge in [-0.1, -0.05) is 6.07 Å². The van der Waals surface area contributed by atoms with E-state index < -0.39 is 12.0 Å². The Morgan fingerprint density at radius 1 is 1.50 bits per heavy atom. The molecule has 5 heteroatoms. The van der Waals surface area contributed by atoms with Crippen molar-refractivity contribution in [3.8, 4) is 5.75 Å². The Labute approximate surface area is 81.0 Å². The fourth-order valence-corrected chi connectivity index (χ4v) is 1.11. The summed E-state index contributed by atoms with van der Waals surface area (Å²) >= 11 is 0. The molecule has 0 aromatic heterocycles. The standard InChI is InChI=1S/C9H12N2O3/c10-6(4-9(13)14)5-1-2-8(12)7(11)3-5/h1-3,6,12H,4,10-11H2,(H,13,14)/t6-/m1/s1. The van der Waals surface area contributed by atoms with Gasteiger partial charge in [0.15, 0.2) is 0 Å². The topological polar surface area (TPSA) is 110 Å². The number of carbonyl (C=O) groups is 1. The maximum atomic E-state index is 10.4. The van der Waals surface area contributed by atoms with Gasteiger partial charge in [-0.3, -0.25) is 4.79 Å². The van der Waals surface area contributed by atoms with Crippen LogP contribution in [0.4, 0.5) is 5.69 Å². The molecule has 0 saturated carbocycles. The zero-order chi connectivity index (χ0) is 10.7. The summed E-state index contributed by atoms with van der Waals surface area (Å²) in [6, 6.07) is 3.82. The molecule has 1 aromatic carbocycles. The highest BCUT2D eigenvalue weighted by atomic mass is 16.4. The number of benzene rings is 1. The molecule has 0 unspecified atom stereocenters. The zero-order valence-electron chi connectivity index (χ0n) is 7.47. The highest BCUT2D eigenvalue weighted by molar-refractivity contribution is 5.68. The summed E-state index contributed by atoms with van der Waals surface area (Å²) in [4.78, 5) is 10.4. The van der Waals surface area contributed by atoms with Gasteiger partial charge in [-0.15, -0.1) is 0 Å². The van der Waals surface area contributed by atoms with Crippen LogP contribution in [-0.2, 0) is 4.79 Å². The molecule has 0 amide bonds. The number of hydrogen-bond donors (Lipinski definition) is 4. The van der Waals surface area contributed by atoms with E-state index in [4.69, 9.17) is 21.7 Å². The molecule has 1 rings (SSSR count). The molecule has 14 heavy (non-hydrogen) atoms. The fourth-order valence-electron chi connectivity index (χ4n) is 1.11. The molecule has 0 radical (unpaired) electrons. The van der Waals surface area contributed by atoms with Crippen molar-refractivity contribution in [2.75, 3.05) is 5.73 Å². The van der Waals surface area contributed by atoms with E-state index in [0.29, 0.717) is 5.56 Å². The van der Waals surface area contributed by atoms with Crippen molar-refractivity contribution < 1.29 is 15.0 Å². The SMILES string of the molecule is Nc1cc([C@H](N)CC(=O)O)ccc1O. The van der Waals surface area contributed by atoms with Crippen LogP contribution in [0.3, 0.4) is 0 Å².